The molecule has 1 aliphatic carbocycles. The Labute approximate surface area is 102 Å². The lowest BCUT2D eigenvalue weighted by molar-refractivity contribution is 0.512. The van der Waals surface area contributed by atoms with Crippen LogP contribution >= 0.6 is 11.3 Å². The first-order valence-corrected chi connectivity index (χ1v) is 7.20. The standard InChI is InChI=1S/C12H21N3S/c1-3-7-13-10(4-2)12-15-14-11(16-12)8-9-5-6-9/h9-10,13H,3-8H2,1-2H3. The summed E-state index contributed by atoms with van der Waals surface area (Å²) < 4.78 is 0. The minimum Gasteiger partial charge on any atom is -0.308 e. The minimum absolute atomic E-state index is 0.408. The normalized spacial score (nSPS) is 17.6. The lowest BCUT2D eigenvalue weighted by Crippen LogP contribution is -2.21. The number of nitrogens with one attached hydrogen (secondary N) is 1. The van der Waals surface area contributed by atoms with Crippen molar-refractivity contribution < 1.29 is 0 Å². The average Bonchev–Trinajstić information content (AvgIpc) is 2.98. The van der Waals surface area contributed by atoms with E-state index in [0.717, 1.165) is 25.3 Å². The zero-order chi connectivity index (χ0) is 11.4. The van der Waals surface area contributed by atoms with Crippen molar-refractivity contribution in [3.05, 3.63) is 10.0 Å². The highest BCUT2D eigenvalue weighted by Gasteiger charge is 2.24. The molecule has 0 spiro atoms. The lowest BCUT2D eigenvalue weighted by atomic mass is 10.2. The van der Waals surface area contributed by atoms with Crippen LogP contribution in [0.5, 0.6) is 0 Å². The molecule has 1 fully saturated rings. The van der Waals surface area contributed by atoms with Gasteiger partial charge in [0.1, 0.15) is 10.0 Å². The van der Waals surface area contributed by atoms with Crippen LogP contribution in [0.1, 0.15) is 55.6 Å². The van der Waals surface area contributed by atoms with Crippen molar-refractivity contribution in [2.75, 3.05) is 6.54 Å². The Bertz CT molecular complexity index is 320. The van der Waals surface area contributed by atoms with Crippen molar-refractivity contribution in [1.29, 1.82) is 0 Å². The van der Waals surface area contributed by atoms with Crippen LogP contribution < -0.4 is 5.32 Å². The molecular formula is C12H21N3S. The lowest BCUT2D eigenvalue weighted by Gasteiger charge is -2.12. The van der Waals surface area contributed by atoms with Gasteiger partial charge < -0.3 is 5.32 Å². The molecule has 2 rings (SSSR count). The van der Waals surface area contributed by atoms with E-state index in [2.05, 4.69) is 29.4 Å². The second-order valence-corrected chi connectivity index (χ2v) is 5.69. The van der Waals surface area contributed by atoms with E-state index in [9.17, 15) is 0 Å². The third-order valence-electron chi connectivity index (χ3n) is 2.99. The van der Waals surface area contributed by atoms with Gasteiger partial charge in [-0.25, -0.2) is 0 Å². The number of hydrogen-bond acceptors (Lipinski definition) is 4. The van der Waals surface area contributed by atoms with Gasteiger partial charge in [-0.1, -0.05) is 25.2 Å². The van der Waals surface area contributed by atoms with Gasteiger partial charge >= 0.3 is 0 Å². The molecule has 0 saturated heterocycles. The van der Waals surface area contributed by atoms with Crippen LogP contribution in [-0.2, 0) is 6.42 Å². The Balaban J connectivity index is 1.91. The molecule has 4 heteroatoms. The van der Waals surface area contributed by atoms with E-state index in [1.54, 1.807) is 11.3 Å². The van der Waals surface area contributed by atoms with Crippen LogP contribution in [0.15, 0.2) is 0 Å². The summed E-state index contributed by atoms with van der Waals surface area (Å²) in [5, 5.41) is 14.6. The molecule has 0 amide bonds. The largest absolute Gasteiger partial charge is 0.308 e. The fourth-order valence-electron chi connectivity index (χ4n) is 1.78. The van der Waals surface area contributed by atoms with Crippen LogP contribution in [0.4, 0.5) is 0 Å². The van der Waals surface area contributed by atoms with Crippen molar-refractivity contribution in [2.24, 2.45) is 5.92 Å². The van der Waals surface area contributed by atoms with Crippen LogP contribution in [-0.4, -0.2) is 16.7 Å². The van der Waals surface area contributed by atoms with Crippen molar-refractivity contribution in [1.82, 2.24) is 15.5 Å². The average molecular weight is 239 g/mol. The Morgan fingerprint density at radius 3 is 2.81 bits per heavy atom. The van der Waals surface area contributed by atoms with Crippen LogP contribution in [0.3, 0.4) is 0 Å². The van der Waals surface area contributed by atoms with E-state index in [-0.39, 0.29) is 0 Å². The van der Waals surface area contributed by atoms with Gasteiger partial charge in [-0.05, 0) is 38.1 Å². The number of aromatic nitrogens is 2. The third kappa shape index (κ3) is 3.25. The molecule has 0 bridgehead atoms. The van der Waals surface area contributed by atoms with Gasteiger partial charge in [0.2, 0.25) is 0 Å². The fourth-order valence-corrected chi connectivity index (χ4v) is 2.90. The predicted molar refractivity (Wildman–Crippen MR) is 67.7 cm³/mol. The Morgan fingerprint density at radius 1 is 1.38 bits per heavy atom. The summed E-state index contributed by atoms with van der Waals surface area (Å²) in [5.41, 5.74) is 0. The van der Waals surface area contributed by atoms with Gasteiger partial charge in [0.15, 0.2) is 0 Å². The highest BCUT2D eigenvalue weighted by Crippen LogP contribution is 2.34. The molecule has 1 N–H and O–H groups in total. The first-order chi connectivity index (χ1) is 7.83. The zero-order valence-corrected chi connectivity index (χ0v) is 11.0. The number of nitrogens with zero attached hydrogens (tertiary/aromatic N) is 2. The number of rotatable bonds is 7. The summed E-state index contributed by atoms with van der Waals surface area (Å²) in [4.78, 5) is 0. The first-order valence-electron chi connectivity index (χ1n) is 6.39. The Hall–Kier alpha value is -0.480. The molecule has 90 valence electrons. The molecule has 0 aromatic carbocycles. The first kappa shape index (κ1) is 12.0. The minimum atomic E-state index is 0.408. The van der Waals surface area contributed by atoms with E-state index in [1.165, 1.54) is 29.3 Å². The second-order valence-electron chi connectivity index (χ2n) is 4.60. The SMILES string of the molecule is CCCNC(CC)c1nnc(CC2CC2)s1. The molecule has 0 radical (unpaired) electrons. The van der Waals surface area contributed by atoms with Gasteiger partial charge in [0.05, 0.1) is 6.04 Å². The predicted octanol–water partition coefficient (Wildman–Crippen LogP) is 2.94. The van der Waals surface area contributed by atoms with Crippen LogP contribution in [0, 0.1) is 5.92 Å². The van der Waals surface area contributed by atoms with E-state index in [1.807, 2.05) is 0 Å². The second kappa shape index (κ2) is 5.73. The van der Waals surface area contributed by atoms with Gasteiger partial charge in [-0.3, -0.25) is 0 Å². The van der Waals surface area contributed by atoms with Gasteiger partial charge in [-0.15, -0.1) is 10.2 Å². The molecular weight excluding hydrogens is 218 g/mol. The van der Waals surface area contributed by atoms with E-state index < -0.39 is 0 Å². The summed E-state index contributed by atoms with van der Waals surface area (Å²) >= 11 is 1.80. The highest BCUT2D eigenvalue weighted by molar-refractivity contribution is 7.11. The molecule has 1 saturated carbocycles. The summed E-state index contributed by atoms with van der Waals surface area (Å²) in [6.45, 7) is 5.46. The summed E-state index contributed by atoms with van der Waals surface area (Å²) in [7, 11) is 0. The van der Waals surface area contributed by atoms with Gasteiger partial charge in [0, 0.05) is 6.42 Å². The van der Waals surface area contributed by atoms with Crippen molar-refractivity contribution >= 4 is 11.3 Å². The molecule has 3 nitrogen and oxygen atoms in total. The van der Waals surface area contributed by atoms with Crippen molar-refractivity contribution in [2.45, 2.75) is 52.0 Å². The van der Waals surface area contributed by atoms with Crippen LogP contribution in [0.2, 0.25) is 0 Å². The molecule has 1 aromatic heterocycles. The van der Waals surface area contributed by atoms with Gasteiger partial charge in [0.25, 0.3) is 0 Å². The smallest absolute Gasteiger partial charge is 0.134 e. The Morgan fingerprint density at radius 2 is 2.19 bits per heavy atom. The Kier molecular flexibility index (Phi) is 4.29. The fraction of sp³-hybridized carbons (Fsp3) is 0.833. The molecule has 1 heterocycles. The monoisotopic (exact) mass is 239 g/mol. The molecule has 1 aliphatic rings. The molecule has 1 unspecified atom stereocenters. The third-order valence-corrected chi connectivity index (χ3v) is 4.05. The molecule has 0 aliphatic heterocycles. The van der Waals surface area contributed by atoms with E-state index in [4.69, 9.17) is 0 Å². The van der Waals surface area contributed by atoms with Crippen LogP contribution in [0.25, 0.3) is 0 Å². The topological polar surface area (TPSA) is 37.8 Å². The van der Waals surface area contributed by atoms with Crippen molar-refractivity contribution in [3.8, 4) is 0 Å². The van der Waals surface area contributed by atoms with E-state index in [0.29, 0.717) is 6.04 Å². The molecule has 16 heavy (non-hydrogen) atoms. The maximum absolute atomic E-state index is 4.33. The molecule has 1 aromatic rings. The summed E-state index contributed by atoms with van der Waals surface area (Å²) in [6.07, 6.45) is 6.20. The zero-order valence-electron chi connectivity index (χ0n) is 10.2. The van der Waals surface area contributed by atoms with E-state index >= 15 is 0 Å². The van der Waals surface area contributed by atoms with Crippen molar-refractivity contribution in [3.63, 3.8) is 0 Å². The maximum Gasteiger partial charge on any atom is 0.134 e. The molecule has 1 atom stereocenters. The number of hydrogen-bond donors (Lipinski definition) is 1. The quantitative estimate of drug-likeness (QED) is 0.795. The van der Waals surface area contributed by atoms with Gasteiger partial charge in [-0.2, -0.15) is 0 Å². The summed E-state index contributed by atoms with van der Waals surface area (Å²) in [6, 6.07) is 0.408. The maximum atomic E-state index is 4.33. The summed E-state index contributed by atoms with van der Waals surface area (Å²) in [5.74, 6) is 0.907. The highest BCUT2D eigenvalue weighted by atomic mass is 32.1.